The van der Waals surface area contributed by atoms with Crippen molar-refractivity contribution in [3.63, 3.8) is 0 Å². The van der Waals surface area contributed by atoms with Gasteiger partial charge in [0, 0.05) is 11.6 Å². The van der Waals surface area contributed by atoms with Gasteiger partial charge in [0.15, 0.2) is 0 Å². The molecule has 2 nitrogen and oxygen atoms in total. The van der Waals surface area contributed by atoms with Crippen molar-refractivity contribution in [1.82, 2.24) is 5.32 Å². The highest BCUT2D eigenvalue weighted by atomic mass is 14.9. The average molecular weight is 142 g/mol. The molecular weight excluding hydrogens is 124 g/mol. The molecule has 60 valence electrons. The second-order valence-electron chi connectivity index (χ2n) is 3.65. The Labute approximate surface area is 63.2 Å². The fourth-order valence-electron chi connectivity index (χ4n) is 1.53. The zero-order chi connectivity index (χ0) is 7.61. The lowest BCUT2D eigenvalue weighted by Crippen LogP contribution is -2.45. The van der Waals surface area contributed by atoms with Crippen LogP contribution in [0.5, 0.6) is 0 Å². The summed E-state index contributed by atoms with van der Waals surface area (Å²) >= 11 is 0. The first-order valence-electron chi connectivity index (χ1n) is 4.11. The van der Waals surface area contributed by atoms with Gasteiger partial charge in [-0.3, -0.25) is 0 Å². The third-order valence-corrected chi connectivity index (χ3v) is 2.74. The van der Waals surface area contributed by atoms with E-state index in [-0.39, 0.29) is 0 Å². The van der Waals surface area contributed by atoms with Gasteiger partial charge in [-0.15, -0.1) is 0 Å². The summed E-state index contributed by atoms with van der Waals surface area (Å²) in [5, 5.41) is 3.35. The quantitative estimate of drug-likeness (QED) is 0.570. The van der Waals surface area contributed by atoms with Crippen LogP contribution in [0.3, 0.4) is 0 Å². The molecule has 3 N–H and O–H groups in total. The van der Waals surface area contributed by atoms with Crippen LogP contribution in [-0.2, 0) is 0 Å². The van der Waals surface area contributed by atoms with E-state index < -0.39 is 0 Å². The Balaban J connectivity index is 2.38. The van der Waals surface area contributed by atoms with E-state index >= 15 is 0 Å². The van der Waals surface area contributed by atoms with Crippen LogP contribution >= 0.6 is 0 Å². The van der Waals surface area contributed by atoms with Gasteiger partial charge in [-0.1, -0.05) is 0 Å². The van der Waals surface area contributed by atoms with Crippen molar-refractivity contribution < 1.29 is 0 Å². The molecule has 0 bridgehead atoms. The van der Waals surface area contributed by atoms with Crippen LogP contribution in [0.15, 0.2) is 0 Å². The summed E-state index contributed by atoms with van der Waals surface area (Å²) < 4.78 is 0. The molecular formula is C8H18N2. The first-order chi connectivity index (χ1) is 4.66. The SMILES string of the molecule is CNC1(C)CCC(N)CC1. The minimum atomic E-state index is 0.371. The van der Waals surface area contributed by atoms with Gasteiger partial charge in [-0.25, -0.2) is 0 Å². The molecule has 0 spiro atoms. The summed E-state index contributed by atoms with van der Waals surface area (Å²) in [6.07, 6.45) is 4.81. The number of hydrogen-bond donors (Lipinski definition) is 2. The molecule has 0 aromatic rings. The topological polar surface area (TPSA) is 38.0 Å². The molecule has 0 saturated heterocycles. The number of nitrogens with two attached hydrogens (primary N) is 1. The predicted molar refractivity (Wildman–Crippen MR) is 43.9 cm³/mol. The first kappa shape index (κ1) is 8.02. The van der Waals surface area contributed by atoms with Crippen LogP contribution in [0.1, 0.15) is 32.6 Å². The van der Waals surface area contributed by atoms with Gasteiger partial charge in [-0.05, 0) is 39.7 Å². The lowest BCUT2D eigenvalue weighted by Gasteiger charge is -2.35. The Hall–Kier alpha value is -0.0800. The Morgan fingerprint density at radius 3 is 2.30 bits per heavy atom. The highest BCUT2D eigenvalue weighted by Crippen LogP contribution is 2.26. The van der Waals surface area contributed by atoms with E-state index in [9.17, 15) is 0 Å². The molecule has 0 aliphatic heterocycles. The lowest BCUT2D eigenvalue weighted by molar-refractivity contribution is 0.252. The summed E-state index contributed by atoms with van der Waals surface area (Å²) in [6.45, 7) is 2.28. The van der Waals surface area contributed by atoms with Gasteiger partial charge in [-0.2, -0.15) is 0 Å². The van der Waals surface area contributed by atoms with Gasteiger partial charge in [0.1, 0.15) is 0 Å². The smallest absolute Gasteiger partial charge is 0.0151 e. The normalized spacial score (nSPS) is 41.7. The van der Waals surface area contributed by atoms with Crippen molar-refractivity contribution in [1.29, 1.82) is 0 Å². The van der Waals surface area contributed by atoms with Crippen molar-refractivity contribution in [3.05, 3.63) is 0 Å². The van der Waals surface area contributed by atoms with Gasteiger partial charge < -0.3 is 11.1 Å². The monoisotopic (exact) mass is 142 g/mol. The molecule has 2 heteroatoms. The largest absolute Gasteiger partial charge is 0.328 e. The van der Waals surface area contributed by atoms with Gasteiger partial charge in [0.25, 0.3) is 0 Å². The fourth-order valence-corrected chi connectivity index (χ4v) is 1.53. The molecule has 10 heavy (non-hydrogen) atoms. The zero-order valence-corrected chi connectivity index (χ0v) is 6.98. The number of hydrogen-bond acceptors (Lipinski definition) is 2. The van der Waals surface area contributed by atoms with E-state index in [1.54, 1.807) is 0 Å². The van der Waals surface area contributed by atoms with Crippen LogP contribution in [0, 0.1) is 0 Å². The average Bonchev–Trinajstić information content (AvgIpc) is 1.96. The van der Waals surface area contributed by atoms with Crippen molar-refractivity contribution in [3.8, 4) is 0 Å². The molecule has 0 atom stereocenters. The molecule has 1 aliphatic carbocycles. The van der Waals surface area contributed by atoms with E-state index in [0.29, 0.717) is 11.6 Å². The molecule has 1 aliphatic rings. The van der Waals surface area contributed by atoms with E-state index in [2.05, 4.69) is 12.2 Å². The lowest BCUT2D eigenvalue weighted by atomic mass is 9.81. The molecule has 1 fully saturated rings. The highest BCUT2D eigenvalue weighted by Gasteiger charge is 2.27. The maximum atomic E-state index is 5.78. The van der Waals surface area contributed by atoms with E-state index in [0.717, 1.165) is 0 Å². The van der Waals surface area contributed by atoms with E-state index in [1.165, 1.54) is 25.7 Å². The Morgan fingerprint density at radius 1 is 1.40 bits per heavy atom. The van der Waals surface area contributed by atoms with Crippen molar-refractivity contribution >= 4 is 0 Å². The van der Waals surface area contributed by atoms with Crippen molar-refractivity contribution in [2.45, 2.75) is 44.2 Å². The summed E-state index contributed by atoms with van der Waals surface area (Å²) in [5.41, 5.74) is 6.15. The van der Waals surface area contributed by atoms with Gasteiger partial charge >= 0.3 is 0 Å². The summed E-state index contributed by atoms with van der Waals surface area (Å²) in [5.74, 6) is 0. The molecule has 0 heterocycles. The van der Waals surface area contributed by atoms with Crippen LogP contribution in [0.25, 0.3) is 0 Å². The minimum absolute atomic E-state index is 0.371. The highest BCUT2D eigenvalue weighted by molar-refractivity contribution is 4.88. The van der Waals surface area contributed by atoms with Gasteiger partial charge in [0.05, 0.1) is 0 Å². The number of nitrogens with one attached hydrogen (secondary N) is 1. The second-order valence-corrected chi connectivity index (χ2v) is 3.65. The Bertz CT molecular complexity index is 104. The van der Waals surface area contributed by atoms with Crippen LogP contribution in [0.2, 0.25) is 0 Å². The molecule has 0 radical (unpaired) electrons. The second kappa shape index (κ2) is 2.89. The van der Waals surface area contributed by atoms with Crippen LogP contribution in [-0.4, -0.2) is 18.6 Å². The molecule has 0 unspecified atom stereocenters. The molecule has 0 aromatic heterocycles. The van der Waals surface area contributed by atoms with Crippen molar-refractivity contribution in [2.24, 2.45) is 5.73 Å². The summed E-state index contributed by atoms with van der Waals surface area (Å²) in [7, 11) is 2.04. The standard InChI is InChI=1S/C8H18N2/c1-8(10-2)5-3-7(9)4-6-8/h7,10H,3-6,9H2,1-2H3. The van der Waals surface area contributed by atoms with Gasteiger partial charge in [0.2, 0.25) is 0 Å². The van der Waals surface area contributed by atoms with Crippen LogP contribution < -0.4 is 11.1 Å². The number of rotatable bonds is 1. The van der Waals surface area contributed by atoms with E-state index in [4.69, 9.17) is 5.73 Å². The van der Waals surface area contributed by atoms with E-state index in [1.807, 2.05) is 7.05 Å². The molecule has 0 amide bonds. The zero-order valence-electron chi connectivity index (χ0n) is 6.98. The Morgan fingerprint density at radius 2 is 1.90 bits per heavy atom. The predicted octanol–water partition coefficient (Wildman–Crippen LogP) is 0.866. The first-order valence-corrected chi connectivity index (χ1v) is 4.11. The van der Waals surface area contributed by atoms with Crippen molar-refractivity contribution in [2.75, 3.05) is 7.05 Å². The Kier molecular flexibility index (Phi) is 2.32. The maximum absolute atomic E-state index is 5.78. The molecule has 1 rings (SSSR count). The minimum Gasteiger partial charge on any atom is -0.328 e. The van der Waals surface area contributed by atoms with Crippen LogP contribution in [0.4, 0.5) is 0 Å². The maximum Gasteiger partial charge on any atom is 0.0151 e. The summed E-state index contributed by atoms with van der Waals surface area (Å²) in [6, 6.07) is 0.460. The molecule has 0 aromatic carbocycles. The summed E-state index contributed by atoms with van der Waals surface area (Å²) in [4.78, 5) is 0. The third-order valence-electron chi connectivity index (χ3n) is 2.74. The fraction of sp³-hybridized carbons (Fsp3) is 1.00. The molecule has 1 saturated carbocycles. The third kappa shape index (κ3) is 1.70.